The molecule has 3 rings (SSSR count). The third kappa shape index (κ3) is 3.34. The summed E-state index contributed by atoms with van der Waals surface area (Å²) >= 11 is 0. The standard InChI is InChI=1S/C19H22O2/c20-19(17-12-7-13-21-14-17)18(15-8-3-1-4-9-15)16-10-5-2-6-11-16/h1-6,8-11,17-20H,7,12-14H2. The molecule has 2 unspecified atom stereocenters. The maximum absolute atomic E-state index is 11.0. The lowest BCUT2D eigenvalue weighted by Crippen LogP contribution is -2.34. The third-order valence-electron chi connectivity index (χ3n) is 4.34. The van der Waals surface area contributed by atoms with Crippen LogP contribution in [-0.2, 0) is 4.74 Å². The van der Waals surface area contributed by atoms with Crippen molar-refractivity contribution in [2.45, 2.75) is 24.9 Å². The molecular weight excluding hydrogens is 260 g/mol. The Bertz CT molecular complexity index is 493. The Balaban J connectivity index is 1.92. The van der Waals surface area contributed by atoms with E-state index in [-0.39, 0.29) is 11.8 Å². The van der Waals surface area contributed by atoms with Crippen LogP contribution in [0.4, 0.5) is 0 Å². The molecule has 0 amide bonds. The van der Waals surface area contributed by atoms with Crippen molar-refractivity contribution in [1.29, 1.82) is 0 Å². The van der Waals surface area contributed by atoms with E-state index in [9.17, 15) is 5.11 Å². The number of hydrogen-bond acceptors (Lipinski definition) is 2. The predicted molar refractivity (Wildman–Crippen MR) is 84.3 cm³/mol. The molecular formula is C19H22O2. The maximum atomic E-state index is 11.0. The van der Waals surface area contributed by atoms with Crippen LogP contribution in [0.5, 0.6) is 0 Å². The van der Waals surface area contributed by atoms with Gasteiger partial charge in [0.05, 0.1) is 12.7 Å². The summed E-state index contributed by atoms with van der Waals surface area (Å²) in [5.41, 5.74) is 2.34. The van der Waals surface area contributed by atoms with E-state index in [1.54, 1.807) is 0 Å². The van der Waals surface area contributed by atoms with Gasteiger partial charge in [-0.05, 0) is 24.0 Å². The Morgan fingerprint density at radius 2 is 1.48 bits per heavy atom. The van der Waals surface area contributed by atoms with Crippen molar-refractivity contribution in [3.8, 4) is 0 Å². The summed E-state index contributed by atoms with van der Waals surface area (Å²) in [4.78, 5) is 0. The zero-order valence-electron chi connectivity index (χ0n) is 12.2. The Labute approximate surface area is 126 Å². The molecule has 0 aliphatic carbocycles. The summed E-state index contributed by atoms with van der Waals surface area (Å²) in [5, 5.41) is 11.0. The molecule has 1 aliphatic heterocycles. The largest absolute Gasteiger partial charge is 0.392 e. The summed E-state index contributed by atoms with van der Waals surface area (Å²) in [6.07, 6.45) is 1.67. The van der Waals surface area contributed by atoms with Crippen LogP contribution in [0.3, 0.4) is 0 Å². The molecule has 0 bridgehead atoms. The number of aliphatic hydroxyl groups is 1. The van der Waals surface area contributed by atoms with Gasteiger partial charge in [-0.1, -0.05) is 60.7 Å². The number of ether oxygens (including phenoxy) is 1. The van der Waals surface area contributed by atoms with E-state index in [1.807, 2.05) is 36.4 Å². The molecule has 0 spiro atoms. The highest BCUT2D eigenvalue weighted by atomic mass is 16.5. The zero-order chi connectivity index (χ0) is 14.5. The fourth-order valence-corrected chi connectivity index (χ4v) is 3.21. The van der Waals surface area contributed by atoms with Gasteiger partial charge in [-0.25, -0.2) is 0 Å². The minimum atomic E-state index is -0.407. The first-order valence-corrected chi connectivity index (χ1v) is 7.72. The van der Waals surface area contributed by atoms with Crippen LogP contribution in [0.15, 0.2) is 60.7 Å². The van der Waals surface area contributed by atoms with Gasteiger partial charge in [-0.3, -0.25) is 0 Å². The summed E-state index contributed by atoms with van der Waals surface area (Å²) < 4.78 is 5.57. The fourth-order valence-electron chi connectivity index (χ4n) is 3.21. The van der Waals surface area contributed by atoms with Gasteiger partial charge in [0.25, 0.3) is 0 Å². The van der Waals surface area contributed by atoms with Gasteiger partial charge < -0.3 is 9.84 Å². The van der Waals surface area contributed by atoms with Gasteiger partial charge in [-0.2, -0.15) is 0 Å². The van der Waals surface area contributed by atoms with Crippen molar-refractivity contribution in [1.82, 2.24) is 0 Å². The van der Waals surface area contributed by atoms with Crippen molar-refractivity contribution < 1.29 is 9.84 Å². The number of rotatable bonds is 4. The predicted octanol–water partition coefficient (Wildman–Crippen LogP) is 3.61. The van der Waals surface area contributed by atoms with Gasteiger partial charge in [-0.15, -0.1) is 0 Å². The van der Waals surface area contributed by atoms with Gasteiger partial charge in [0, 0.05) is 18.4 Å². The van der Waals surface area contributed by atoms with Gasteiger partial charge in [0.1, 0.15) is 0 Å². The van der Waals surface area contributed by atoms with Crippen LogP contribution in [0, 0.1) is 5.92 Å². The van der Waals surface area contributed by atoms with Gasteiger partial charge in [0.2, 0.25) is 0 Å². The molecule has 2 aromatic rings. The van der Waals surface area contributed by atoms with Crippen molar-refractivity contribution >= 4 is 0 Å². The third-order valence-corrected chi connectivity index (χ3v) is 4.34. The van der Waals surface area contributed by atoms with E-state index < -0.39 is 6.10 Å². The molecule has 1 saturated heterocycles. The second-order valence-electron chi connectivity index (χ2n) is 5.77. The van der Waals surface area contributed by atoms with Crippen LogP contribution >= 0.6 is 0 Å². The highest BCUT2D eigenvalue weighted by Crippen LogP contribution is 2.34. The minimum absolute atomic E-state index is 0.0131. The molecule has 0 aromatic heterocycles. The Kier molecular flexibility index (Phi) is 4.69. The molecule has 0 saturated carbocycles. The molecule has 2 heteroatoms. The molecule has 2 aromatic carbocycles. The highest BCUT2D eigenvalue weighted by molar-refractivity contribution is 5.34. The van der Waals surface area contributed by atoms with Crippen LogP contribution < -0.4 is 0 Å². The van der Waals surface area contributed by atoms with E-state index in [1.165, 1.54) is 11.1 Å². The summed E-state index contributed by atoms with van der Waals surface area (Å²) in [6.45, 7) is 1.49. The molecule has 2 atom stereocenters. The van der Waals surface area contributed by atoms with Crippen LogP contribution in [0.25, 0.3) is 0 Å². The second kappa shape index (κ2) is 6.88. The Hall–Kier alpha value is -1.64. The smallest absolute Gasteiger partial charge is 0.0699 e. The Morgan fingerprint density at radius 3 is 1.95 bits per heavy atom. The van der Waals surface area contributed by atoms with E-state index >= 15 is 0 Å². The van der Waals surface area contributed by atoms with Crippen molar-refractivity contribution in [3.05, 3.63) is 71.8 Å². The minimum Gasteiger partial charge on any atom is -0.392 e. The topological polar surface area (TPSA) is 29.5 Å². The fraction of sp³-hybridized carbons (Fsp3) is 0.368. The van der Waals surface area contributed by atoms with E-state index in [0.29, 0.717) is 6.61 Å². The molecule has 0 radical (unpaired) electrons. The normalized spacial score (nSPS) is 20.4. The van der Waals surface area contributed by atoms with E-state index in [4.69, 9.17) is 4.74 Å². The lowest BCUT2D eigenvalue weighted by atomic mass is 9.79. The highest BCUT2D eigenvalue weighted by Gasteiger charge is 2.31. The first-order chi connectivity index (χ1) is 10.4. The lowest BCUT2D eigenvalue weighted by Gasteiger charge is -2.33. The van der Waals surface area contributed by atoms with E-state index in [0.717, 1.165) is 19.4 Å². The maximum Gasteiger partial charge on any atom is 0.0699 e. The molecule has 1 N–H and O–H groups in total. The average Bonchev–Trinajstić information content (AvgIpc) is 2.58. The zero-order valence-corrected chi connectivity index (χ0v) is 12.2. The molecule has 21 heavy (non-hydrogen) atoms. The molecule has 1 heterocycles. The van der Waals surface area contributed by atoms with Crippen LogP contribution in [0.2, 0.25) is 0 Å². The lowest BCUT2D eigenvalue weighted by molar-refractivity contribution is -0.0148. The summed E-state index contributed by atoms with van der Waals surface area (Å²) in [6, 6.07) is 20.6. The van der Waals surface area contributed by atoms with E-state index in [2.05, 4.69) is 24.3 Å². The number of aliphatic hydroxyl groups excluding tert-OH is 1. The molecule has 1 aliphatic rings. The number of benzene rings is 2. The summed E-state index contributed by atoms with van der Waals surface area (Å²) in [7, 11) is 0. The van der Waals surface area contributed by atoms with Crippen molar-refractivity contribution in [2.75, 3.05) is 13.2 Å². The average molecular weight is 282 g/mol. The monoisotopic (exact) mass is 282 g/mol. The summed E-state index contributed by atoms with van der Waals surface area (Å²) in [5.74, 6) is 0.225. The van der Waals surface area contributed by atoms with Gasteiger partial charge in [0.15, 0.2) is 0 Å². The molecule has 110 valence electrons. The first-order valence-electron chi connectivity index (χ1n) is 7.72. The number of hydrogen-bond donors (Lipinski definition) is 1. The second-order valence-corrected chi connectivity index (χ2v) is 5.77. The molecule has 1 fully saturated rings. The van der Waals surface area contributed by atoms with Crippen molar-refractivity contribution in [3.63, 3.8) is 0 Å². The van der Waals surface area contributed by atoms with Crippen LogP contribution in [0.1, 0.15) is 29.9 Å². The van der Waals surface area contributed by atoms with Crippen molar-refractivity contribution in [2.24, 2.45) is 5.92 Å². The van der Waals surface area contributed by atoms with Gasteiger partial charge >= 0.3 is 0 Å². The molecule has 2 nitrogen and oxygen atoms in total. The van der Waals surface area contributed by atoms with Crippen LogP contribution in [-0.4, -0.2) is 24.4 Å². The SMILES string of the molecule is OC(C1CCCOC1)C(c1ccccc1)c1ccccc1. The quantitative estimate of drug-likeness (QED) is 0.928. The first kappa shape index (κ1) is 14.3. The Morgan fingerprint density at radius 1 is 0.905 bits per heavy atom.